The Hall–Kier alpha value is -3.19. The molecule has 0 fully saturated rings. The zero-order valence-electron chi connectivity index (χ0n) is 15.5. The fourth-order valence-corrected chi connectivity index (χ4v) is 3.45. The number of rotatable bonds is 4. The van der Waals surface area contributed by atoms with Crippen molar-refractivity contribution >= 4 is 39.9 Å². The van der Waals surface area contributed by atoms with Gasteiger partial charge in [-0.05, 0) is 43.7 Å². The number of fused-ring (bicyclic) bond motifs is 1. The van der Waals surface area contributed by atoms with Crippen LogP contribution in [-0.4, -0.2) is 33.0 Å². The number of carbonyl (C=O) groups is 1. The second-order valence-electron chi connectivity index (χ2n) is 6.56. The molecule has 2 aromatic heterocycles. The van der Waals surface area contributed by atoms with Crippen molar-refractivity contribution in [3.05, 3.63) is 64.7 Å². The smallest absolute Gasteiger partial charge is 0.255 e. The average molecular weight is 395 g/mol. The number of amidine groups is 1. The number of halogens is 1. The maximum Gasteiger partial charge on any atom is 0.255 e. The maximum atomic E-state index is 13.0. The van der Waals surface area contributed by atoms with Gasteiger partial charge < -0.3 is 10.6 Å². The summed E-state index contributed by atoms with van der Waals surface area (Å²) in [4.78, 5) is 21.7. The molecule has 3 aromatic rings. The van der Waals surface area contributed by atoms with Crippen LogP contribution in [0.25, 0.3) is 10.9 Å². The summed E-state index contributed by atoms with van der Waals surface area (Å²) in [7, 11) is 0. The standard InChI is InChI=1S/C20H19ClN6O/c1-3-15-18(11(2)24-19(26-15)12-6-7-22-17(21)9-12)20(28)25-14-4-5-16-13(8-14)10-23-27-16/h4-10,15H,3H2,1-2H3,(H,23,27)(H,24,26)(H,25,28). The van der Waals surface area contributed by atoms with Crippen molar-refractivity contribution in [3.8, 4) is 0 Å². The quantitative estimate of drug-likeness (QED) is 0.588. The number of amides is 1. The van der Waals surface area contributed by atoms with Crippen LogP contribution in [0, 0.1) is 0 Å². The number of anilines is 1. The van der Waals surface area contributed by atoms with E-state index in [1.165, 1.54) is 0 Å². The number of aromatic nitrogens is 3. The van der Waals surface area contributed by atoms with E-state index in [1.54, 1.807) is 18.5 Å². The number of carbonyl (C=O) groups excluding carboxylic acids is 1. The highest BCUT2D eigenvalue weighted by molar-refractivity contribution is 6.29. The molecule has 1 aromatic carbocycles. The minimum absolute atomic E-state index is 0.171. The van der Waals surface area contributed by atoms with Gasteiger partial charge in [0, 0.05) is 28.5 Å². The average Bonchev–Trinajstić information content (AvgIpc) is 3.15. The van der Waals surface area contributed by atoms with E-state index < -0.39 is 0 Å². The van der Waals surface area contributed by atoms with Gasteiger partial charge in [-0.3, -0.25) is 14.9 Å². The first kappa shape index (κ1) is 18.2. The van der Waals surface area contributed by atoms with Gasteiger partial charge in [-0.15, -0.1) is 0 Å². The minimum atomic E-state index is -0.249. The summed E-state index contributed by atoms with van der Waals surface area (Å²) in [5, 5.41) is 14.4. The molecule has 7 nitrogen and oxygen atoms in total. The first-order valence-electron chi connectivity index (χ1n) is 8.97. The molecule has 0 radical (unpaired) electrons. The molecule has 0 saturated heterocycles. The van der Waals surface area contributed by atoms with E-state index in [1.807, 2.05) is 38.1 Å². The Kier molecular flexibility index (Phi) is 4.83. The van der Waals surface area contributed by atoms with Crippen LogP contribution in [0.4, 0.5) is 5.69 Å². The number of aromatic amines is 1. The molecule has 1 amide bonds. The molecule has 28 heavy (non-hydrogen) atoms. The van der Waals surface area contributed by atoms with Crippen LogP contribution in [0.3, 0.4) is 0 Å². The van der Waals surface area contributed by atoms with E-state index in [0.717, 1.165) is 22.2 Å². The summed E-state index contributed by atoms with van der Waals surface area (Å²) in [6.45, 7) is 3.89. The molecule has 3 N–H and O–H groups in total. The van der Waals surface area contributed by atoms with E-state index in [0.29, 0.717) is 28.7 Å². The van der Waals surface area contributed by atoms with E-state index in [4.69, 9.17) is 16.6 Å². The van der Waals surface area contributed by atoms with Crippen molar-refractivity contribution in [2.75, 3.05) is 5.32 Å². The number of hydrogen-bond donors (Lipinski definition) is 3. The number of pyridine rings is 1. The summed E-state index contributed by atoms with van der Waals surface area (Å²) in [5.41, 5.74) is 3.86. The number of nitrogens with one attached hydrogen (secondary N) is 3. The van der Waals surface area contributed by atoms with Crippen LogP contribution < -0.4 is 10.6 Å². The number of benzene rings is 1. The zero-order chi connectivity index (χ0) is 19.7. The van der Waals surface area contributed by atoms with Gasteiger partial charge in [0.25, 0.3) is 5.91 Å². The van der Waals surface area contributed by atoms with E-state index >= 15 is 0 Å². The van der Waals surface area contributed by atoms with Crippen molar-refractivity contribution < 1.29 is 4.79 Å². The third-order valence-electron chi connectivity index (χ3n) is 4.66. The number of H-pyrrole nitrogens is 1. The monoisotopic (exact) mass is 394 g/mol. The third kappa shape index (κ3) is 3.48. The van der Waals surface area contributed by atoms with Gasteiger partial charge >= 0.3 is 0 Å². The molecule has 1 aliphatic rings. The van der Waals surface area contributed by atoms with E-state index in [-0.39, 0.29) is 11.9 Å². The van der Waals surface area contributed by atoms with Crippen LogP contribution in [0.15, 0.2) is 59.0 Å². The molecule has 3 heterocycles. The largest absolute Gasteiger partial charge is 0.343 e. The van der Waals surface area contributed by atoms with E-state index in [9.17, 15) is 4.79 Å². The molecular weight excluding hydrogens is 376 g/mol. The fourth-order valence-electron chi connectivity index (χ4n) is 3.28. The predicted molar refractivity (Wildman–Crippen MR) is 110 cm³/mol. The second-order valence-corrected chi connectivity index (χ2v) is 6.95. The van der Waals surface area contributed by atoms with Crippen molar-refractivity contribution in [2.45, 2.75) is 26.3 Å². The van der Waals surface area contributed by atoms with Gasteiger partial charge in [0.1, 0.15) is 11.0 Å². The molecule has 8 heteroatoms. The van der Waals surface area contributed by atoms with Gasteiger partial charge in [0.15, 0.2) is 0 Å². The summed E-state index contributed by atoms with van der Waals surface area (Å²) >= 11 is 6.00. The van der Waals surface area contributed by atoms with Gasteiger partial charge in [-0.1, -0.05) is 18.5 Å². The molecule has 142 valence electrons. The van der Waals surface area contributed by atoms with Crippen LogP contribution >= 0.6 is 11.6 Å². The Morgan fingerprint density at radius 1 is 1.29 bits per heavy atom. The summed E-state index contributed by atoms with van der Waals surface area (Å²) < 4.78 is 0. The van der Waals surface area contributed by atoms with Crippen molar-refractivity contribution in [1.29, 1.82) is 0 Å². The van der Waals surface area contributed by atoms with Gasteiger partial charge in [-0.2, -0.15) is 5.10 Å². The topological polar surface area (TPSA) is 95.1 Å². The highest BCUT2D eigenvalue weighted by atomic mass is 35.5. The lowest BCUT2D eigenvalue weighted by Crippen LogP contribution is -2.36. The maximum absolute atomic E-state index is 13.0. The lowest BCUT2D eigenvalue weighted by molar-refractivity contribution is -0.113. The third-order valence-corrected chi connectivity index (χ3v) is 4.86. The number of nitrogens with zero attached hydrogens (tertiary/aromatic N) is 3. The lowest BCUT2D eigenvalue weighted by atomic mass is 9.99. The van der Waals surface area contributed by atoms with Crippen molar-refractivity contribution in [2.24, 2.45) is 4.99 Å². The summed E-state index contributed by atoms with van der Waals surface area (Å²) in [5.74, 6) is 0.514. The first-order valence-corrected chi connectivity index (χ1v) is 9.35. The van der Waals surface area contributed by atoms with Crippen LogP contribution in [0.1, 0.15) is 25.8 Å². The highest BCUT2D eigenvalue weighted by Gasteiger charge is 2.27. The van der Waals surface area contributed by atoms with E-state index in [2.05, 4.69) is 25.8 Å². The Labute approximate surface area is 166 Å². The molecule has 1 unspecified atom stereocenters. The Morgan fingerprint density at radius 2 is 2.14 bits per heavy atom. The Morgan fingerprint density at radius 3 is 2.93 bits per heavy atom. The molecule has 0 bridgehead atoms. The minimum Gasteiger partial charge on any atom is -0.343 e. The Balaban J connectivity index is 1.59. The Bertz CT molecular complexity index is 1120. The van der Waals surface area contributed by atoms with Crippen LogP contribution in [0.5, 0.6) is 0 Å². The molecule has 0 saturated carbocycles. The molecule has 1 aliphatic heterocycles. The predicted octanol–water partition coefficient (Wildman–Crippen LogP) is 3.65. The molecule has 4 rings (SSSR count). The molecule has 0 spiro atoms. The normalized spacial score (nSPS) is 16.7. The second kappa shape index (κ2) is 7.44. The van der Waals surface area contributed by atoms with Crippen molar-refractivity contribution in [1.82, 2.24) is 20.5 Å². The van der Waals surface area contributed by atoms with Crippen LogP contribution in [-0.2, 0) is 4.79 Å². The number of hydrogen-bond acceptors (Lipinski definition) is 5. The van der Waals surface area contributed by atoms with Gasteiger partial charge in [0.05, 0.1) is 23.3 Å². The fraction of sp³-hybridized carbons (Fsp3) is 0.200. The number of allylic oxidation sites excluding steroid dienone is 1. The molecule has 0 aliphatic carbocycles. The first-order chi connectivity index (χ1) is 13.5. The molecular formula is C20H19ClN6O. The zero-order valence-corrected chi connectivity index (χ0v) is 16.2. The van der Waals surface area contributed by atoms with Gasteiger partial charge in [-0.25, -0.2) is 4.98 Å². The number of aliphatic imine (C=N–C) groups is 1. The highest BCUT2D eigenvalue weighted by Crippen LogP contribution is 2.24. The van der Waals surface area contributed by atoms with Crippen molar-refractivity contribution in [3.63, 3.8) is 0 Å². The SMILES string of the molecule is CCC1N=C(c2ccnc(Cl)c2)NC(C)=C1C(=O)Nc1ccc2[nH]ncc2c1. The van der Waals surface area contributed by atoms with Gasteiger partial charge in [0.2, 0.25) is 0 Å². The lowest BCUT2D eigenvalue weighted by Gasteiger charge is -2.26. The van der Waals surface area contributed by atoms with Crippen LogP contribution in [0.2, 0.25) is 5.15 Å². The summed E-state index contributed by atoms with van der Waals surface area (Å²) in [6.07, 6.45) is 4.06. The summed E-state index contributed by atoms with van der Waals surface area (Å²) in [6, 6.07) is 8.96. The molecule has 1 atom stereocenters.